The molecule has 0 amide bonds. The van der Waals surface area contributed by atoms with Crippen LogP contribution in [0.1, 0.15) is 12.0 Å². The molecule has 1 unspecified atom stereocenters. The minimum absolute atomic E-state index is 0.0686. The lowest BCUT2D eigenvalue weighted by Gasteiger charge is -2.23. The number of benzene rings is 1. The standard InChI is InChI=1S/C11H10ClNO3S/c12-17(14,15)10-1-2-11-9(6-10)5-8(3-4-13)7-16-11/h1-2,6,8H,3,5,7H2. The summed E-state index contributed by atoms with van der Waals surface area (Å²) in [6.45, 7) is 0.494. The molecule has 17 heavy (non-hydrogen) atoms. The highest BCUT2D eigenvalue weighted by molar-refractivity contribution is 8.13. The van der Waals surface area contributed by atoms with Gasteiger partial charge in [-0.05, 0) is 30.2 Å². The van der Waals surface area contributed by atoms with Crippen molar-refractivity contribution >= 4 is 19.7 Å². The van der Waals surface area contributed by atoms with Gasteiger partial charge < -0.3 is 4.74 Å². The predicted molar refractivity (Wildman–Crippen MR) is 62.4 cm³/mol. The summed E-state index contributed by atoms with van der Waals surface area (Å²) in [5.41, 5.74) is 0.790. The molecule has 0 fully saturated rings. The zero-order valence-corrected chi connectivity index (χ0v) is 10.5. The molecule has 4 nitrogen and oxygen atoms in total. The van der Waals surface area contributed by atoms with Gasteiger partial charge in [0.15, 0.2) is 0 Å². The third-order valence-electron chi connectivity index (χ3n) is 2.68. The minimum Gasteiger partial charge on any atom is -0.493 e. The van der Waals surface area contributed by atoms with Gasteiger partial charge in [-0.3, -0.25) is 0 Å². The fourth-order valence-electron chi connectivity index (χ4n) is 1.85. The molecule has 0 bridgehead atoms. The molecule has 1 aromatic rings. The van der Waals surface area contributed by atoms with Crippen molar-refractivity contribution in [1.82, 2.24) is 0 Å². The first-order chi connectivity index (χ1) is 8.00. The van der Waals surface area contributed by atoms with E-state index in [0.717, 1.165) is 5.56 Å². The second-order valence-electron chi connectivity index (χ2n) is 3.95. The number of hydrogen-bond acceptors (Lipinski definition) is 4. The number of nitrogens with zero attached hydrogens (tertiary/aromatic N) is 1. The Morgan fingerprint density at radius 1 is 1.53 bits per heavy atom. The summed E-state index contributed by atoms with van der Waals surface area (Å²) >= 11 is 0. The van der Waals surface area contributed by atoms with E-state index in [1.807, 2.05) is 0 Å². The first-order valence-electron chi connectivity index (χ1n) is 5.08. The van der Waals surface area contributed by atoms with Gasteiger partial charge in [0, 0.05) is 23.0 Å². The molecule has 0 radical (unpaired) electrons. The molecule has 0 aromatic heterocycles. The second-order valence-corrected chi connectivity index (χ2v) is 6.52. The third-order valence-corrected chi connectivity index (χ3v) is 4.03. The first kappa shape index (κ1) is 12.2. The maximum atomic E-state index is 11.2. The van der Waals surface area contributed by atoms with Crippen molar-refractivity contribution in [2.45, 2.75) is 17.7 Å². The van der Waals surface area contributed by atoms with Crippen molar-refractivity contribution in [2.75, 3.05) is 6.61 Å². The van der Waals surface area contributed by atoms with E-state index < -0.39 is 9.05 Å². The summed E-state index contributed by atoms with van der Waals surface area (Å²) in [6.07, 6.45) is 1.04. The number of halogens is 1. The van der Waals surface area contributed by atoms with Gasteiger partial charge in [-0.25, -0.2) is 8.42 Å². The molecular formula is C11H10ClNO3S. The fourth-order valence-corrected chi connectivity index (χ4v) is 2.65. The summed E-state index contributed by atoms with van der Waals surface area (Å²) in [7, 11) is 1.56. The molecular weight excluding hydrogens is 262 g/mol. The van der Waals surface area contributed by atoms with Crippen molar-refractivity contribution in [3.05, 3.63) is 23.8 Å². The highest BCUT2D eigenvalue weighted by atomic mass is 35.7. The minimum atomic E-state index is -3.71. The Morgan fingerprint density at radius 2 is 2.29 bits per heavy atom. The number of rotatable bonds is 2. The molecule has 1 aliphatic rings. The van der Waals surface area contributed by atoms with Crippen LogP contribution in [-0.2, 0) is 15.5 Å². The van der Waals surface area contributed by atoms with Gasteiger partial charge in [0.05, 0.1) is 17.6 Å². The smallest absolute Gasteiger partial charge is 0.261 e. The van der Waals surface area contributed by atoms with Crippen molar-refractivity contribution in [2.24, 2.45) is 5.92 Å². The lowest BCUT2D eigenvalue weighted by molar-refractivity contribution is 0.224. The average molecular weight is 272 g/mol. The fraction of sp³-hybridized carbons (Fsp3) is 0.364. The van der Waals surface area contributed by atoms with Crippen molar-refractivity contribution in [3.8, 4) is 11.8 Å². The van der Waals surface area contributed by atoms with E-state index in [4.69, 9.17) is 20.7 Å². The lowest BCUT2D eigenvalue weighted by atomic mass is 9.95. The van der Waals surface area contributed by atoms with Crippen LogP contribution >= 0.6 is 10.7 Å². The van der Waals surface area contributed by atoms with Crippen molar-refractivity contribution in [3.63, 3.8) is 0 Å². The van der Waals surface area contributed by atoms with Crippen molar-refractivity contribution in [1.29, 1.82) is 5.26 Å². The van der Waals surface area contributed by atoms with Crippen LogP contribution < -0.4 is 4.74 Å². The third kappa shape index (κ3) is 2.71. The molecule has 2 rings (SSSR count). The number of hydrogen-bond donors (Lipinski definition) is 0. The zero-order chi connectivity index (χ0) is 12.5. The van der Waals surface area contributed by atoms with Crippen LogP contribution in [0.5, 0.6) is 5.75 Å². The maximum Gasteiger partial charge on any atom is 0.261 e. The molecule has 0 aliphatic carbocycles. The normalized spacial score (nSPS) is 18.9. The van der Waals surface area contributed by atoms with Crippen LogP contribution in [0.2, 0.25) is 0 Å². The van der Waals surface area contributed by atoms with Gasteiger partial charge in [-0.1, -0.05) is 0 Å². The summed E-state index contributed by atoms with van der Waals surface area (Å²) in [6, 6.07) is 6.63. The van der Waals surface area contributed by atoms with Crippen LogP contribution in [0.3, 0.4) is 0 Å². The molecule has 90 valence electrons. The molecule has 1 atom stereocenters. The summed E-state index contributed by atoms with van der Waals surface area (Å²) in [5.74, 6) is 0.782. The van der Waals surface area contributed by atoms with Crippen LogP contribution in [0.25, 0.3) is 0 Å². The first-order valence-corrected chi connectivity index (χ1v) is 7.39. The maximum absolute atomic E-state index is 11.2. The number of ether oxygens (including phenoxy) is 1. The van der Waals surface area contributed by atoms with Gasteiger partial charge in [0.1, 0.15) is 5.75 Å². The highest BCUT2D eigenvalue weighted by Gasteiger charge is 2.21. The molecule has 1 aromatic carbocycles. The quantitative estimate of drug-likeness (QED) is 0.773. The van der Waals surface area contributed by atoms with Gasteiger partial charge in [-0.15, -0.1) is 0 Å². The molecule has 0 spiro atoms. The summed E-state index contributed by atoms with van der Waals surface area (Å²) in [4.78, 5) is 0.0686. The van der Waals surface area contributed by atoms with E-state index in [9.17, 15) is 8.42 Å². The van der Waals surface area contributed by atoms with Crippen molar-refractivity contribution < 1.29 is 13.2 Å². The van der Waals surface area contributed by atoms with E-state index in [1.165, 1.54) is 12.1 Å². The molecule has 1 heterocycles. The van der Waals surface area contributed by atoms with Gasteiger partial charge >= 0.3 is 0 Å². The Morgan fingerprint density at radius 3 is 2.94 bits per heavy atom. The summed E-state index contributed by atoms with van der Waals surface area (Å²) < 4.78 is 27.9. The Bertz CT molecular complexity index is 577. The lowest BCUT2D eigenvalue weighted by Crippen LogP contribution is -2.20. The molecule has 1 aliphatic heterocycles. The Hall–Kier alpha value is -1.25. The van der Waals surface area contributed by atoms with Gasteiger partial charge in [0.25, 0.3) is 9.05 Å². The monoisotopic (exact) mass is 271 g/mol. The number of fused-ring (bicyclic) bond motifs is 1. The van der Waals surface area contributed by atoms with E-state index in [-0.39, 0.29) is 10.8 Å². The van der Waals surface area contributed by atoms with Crippen LogP contribution in [0.15, 0.2) is 23.1 Å². The van der Waals surface area contributed by atoms with E-state index in [0.29, 0.717) is 25.2 Å². The van der Waals surface area contributed by atoms with Crippen LogP contribution in [0, 0.1) is 17.2 Å². The predicted octanol–water partition coefficient (Wildman–Crippen LogP) is 2.08. The van der Waals surface area contributed by atoms with Crippen LogP contribution in [-0.4, -0.2) is 15.0 Å². The second kappa shape index (κ2) is 4.55. The summed E-state index contributed by atoms with van der Waals surface area (Å²) in [5, 5.41) is 8.63. The Labute approximate surface area is 104 Å². The van der Waals surface area contributed by atoms with E-state index in [1.54, 1.807) is 6.07 Å². The van der Waals surface area contributed by atoms with Crippen LogP contribution in [0.4, 0.5) is 0 Å². The zero-order valence-electron chi connectivity index (χ0n) is 8.89. The Kier molecular flexibility index (Phi) is 3.27. The largest absolute Gasteiger partial charge is 0.493 e. The Balaban J connectivity index is 2.33. The van der Waals surface area contributed by atoms with Gasteiger partial charge in [-0.2, -0.15) is 5.26 Å². The molecule has 0 saturated carbocycles. The van der Waals surface area contributed by atoms with E-state index >= 15 is 0 Å². The molecule has 0 saturated heterocycles. The SMILES string of the molecule is N#CCC1COc2ccc(S(=O)(=O)Cl)cc2C1. The topological polar surface area (TPSA) is 67.2 Å². The molecule has 0 N–H and O–H groups in total. The van der Waals surface area contributed by atoms with Gasteiger partial charge in [0.2, 0.25) is 0 Å². The van der Waals surface area contributed by atoms with E-state index in [2.05, 4.69) is 6.07 Å². The number of nitriles is 1. The highest BCUT2D eigenvalue weighted by Crippen LogP contribution is 2.31. The average Bonchev–Trinajstić information content (AvgIpc) is 2.27. The molecule has 6 heteroatoms.